The minimum absolute atomic E-state index is 0.149. The van der Waals surface area contributed by atoms with Gasteiger partial charge in [0.1, 0.15) is 0 Å². The van der Waals surface area contributed by atoms with E-state index >= 15 is 0 Å². The number of carbonyl (C=O) groups is 1. The topological polar surface area (TPSA) is 51.2 Å². The number of benzene rings is 1. The van der Waals surface area contributed by atoms with Crippen LogP contribution in [0.2, 0.25) is 0 Å². The van der Waals surface area contributed by atoms with E-state index in [1.165, 1.54) is 6.07 Å². The predicted octanol–water partition coefficient (Wildman–Crippen LogP) is 4.23. The highest BCUT2D eigenvalue weighted by atomic mass is 35.5. The van der Waals surface area contributed by atoms with Crippen LogP contribution in [0.5, 0.6) is 0 Å². The lowest BCUT2D eigenvalue weighted by molar-refractivity contribution is 0.108. The van der Waals surface area contributed by atoms with Crippen molar-refractivity contribution < 1.29 is 13.2 Å². The van der Waals surface area contributed by atoms with Crippen LogP contribution in [0.1, 0.15) is 54.6 Å². The van der Waals surface area contributed by atoms with Crippen molar-refractivity contribution in [2.24, 2.45) is 0 Å². The summed E-state index contributed by atoms with van der Waals surface area (Å²) in [6, 6.07) is 3.14. The Labute approximate surface area is 131 Å². The first kappa shape index (κ1) is 17.9. The molecule has 5 heteroatoms. The van der Waals surface area contributed by atoms with Crippen LogP contribution in [-0.2, 0) is 16.3 Å². The molecule has 0 fully saturated rings. The minimum Gasteiger partial charge on any atom is -0.276 e. The van der Waals surface area contributed by atoms with Crippen molar-refractivity contribution in [2.75, 3.05) is 6.26 Å². The average Bonchev–Trinajstić information content (AvgIpc) is 2.41. The Bertz CT molecular complexity index is 646. The van der Waals surface area contributed by atoms with Gasteiger partial charge >= 0.3 is 0 Å². The summed E-state index contributed by atoms with van der Waals surface area (Å²) >= 11 is 5.56. The van der Waals surface area contributed by atoms with Crippen molar-refractivity contribution in [1.29, 1.82) is 0 Å². The van der Waals surface area contributed by atoms with Crippen LogP contribution in [0, 0.1) is 0 Å². The zero-order valence-corrected chi connectivity index (χ0v) is 14.2. The summed E-state index contributed by atoms with van der Waals surface area (Å²) in [4.78, 5) is 11.6. The molecule has 0 unspecified atom stereocenters. The average molecular weight is 329 g/mol. The number of rotatable bonds is 7. The highest BCUT2D eigenvalue weighted by Gasteiger charge is 2.18. The molecule has 21 heavy (non-hydrogen) atoms. The molecule has 0 heterocycles. The van der Waals surface area contributed by atoms with Crippen molar-refractivity contribution in [3.05, 3.63) is 34.9 Å². The van der Waals surface area contributed by atoms with Crippen LogP contribution in [0.4, 0.5) is 0 Å². The molecule has 1 rings (SSSR count). The molecule has 3 nitrogen and oxygen atoms in total. The predicted molar refractivity (Wildman–Crippen MR) is 87.7 cm³/mol. The minimum atomic E-state index is -3.42. The fraction of sp³-hybridized carbons (Fsp3) is 0.438. The van der Waals surface area contributed by atoms with Crippen molar-refractivity contribution >= 4 is 32.8 Å². The Kier molecular flexibility index (Phi) is 6.62. The quantitative estimate of drug-likeness (QED) is 0.555. The van der Waals surface area contributed by atoms with E-state index in [0.29, 0.717) is 12.0 Å². The van der Waals surface area contributed by atoms with Gasteiger partial charge in [-0.05, 0) is 47.7 Å². The molecule has 116 valence electrons. The van der Waals surface area contributed by atoms with Gasteiger partial charge in [-0.2, -0.15) is 0 Å². The van der Waals surface area contributed by atoms with Gasteiger partial charge in [-0.15, -0.1) is 0 Å². The maximum absolute atomic E-state index is 11.9. The summed E-state index contributed by atoms with van der Waals surface area (Å²) in [5.41, 5.74) is 1.65. The molecule has 0 aliphatic carbocycles. The van der Waals surface area contributed by atoms with E-state index in [-0.39, 0.29) is 10.5 Å². The number of allylic oxidation sites excluding steroid dienone is 1. The Hall–Kier alpha value is -1.13. The van der Waals surface area contributed by atoms with E-state index in [1.807, 2.05) is 19.1 Å². The van der Waals surface area contributed by atoms with Gasteiger partial charge in [-0.25, -0.2) is 8.42 Å². The van der Waals surface area contributed by atoms with Gasteiger partial charge in [0.15, 0.2) is 9.84 Å². The first-order chi connectivity index (χ1) is 9.81. The number of hydrogen-bond donors (Lipinski definition) is 0. The van der Waals surface area contributed by atoms with E-state index in [2.05, 4.69) is 6.92 Å². The lowest BCUT2D eigenvalue weighted by Crippen LogP contribution is -2.06. The highest BCUT2D eigenvalue weighted by Crippen LogP contribution is 2.25. The van der Waals surface area contributed by atoms with Gasteiger partial charge in [-0.3, -0.25) is 4.79 Å². The summed E-state index contributed by atoms with van der Waals surface area (Å²) < 4.78 is 23.9. The van der Waals surface area contributed by atoms with Crippen LogP contribution in [0.15, 0.2) is 23.1 Å². The SMILES string of the molecule is CCCCC=Cc1cc(CC)c(C(=O)Cl)cc1S(C)(=O)=O. The zero-order chi connectivity index (χ0) is 16.0. The monoisotopic (exact) mass is 328 g/mol. The molecule has 0 spiro atoms. The van der Waals surface area contributed by atoms with Gasteiger partial charge in [0.25, 0.3) is 5.24 Å². The molecule has 0 atom stereocenters. The van der Waals surface area contributed by atoms with Crippen molar-refractivity contribution in [3.8, 4) is 0 Å². The molecule has 0 bridgehead atoms. The molecule has 0 saturated carbocycles. The Balaban J connectivity index is 3.40. The third-order valence-electron chi connectivity index (χ3n) is 3.25. The van der Waals surface area contributed by atoms with Gasteiger partial charge in [0, 0.05) is 11.8 Å². The molecule has 1 aromatic rings. The third kappa shape index (κ3) is 4.97. The van der Waals surface area contributed by atoms with Gasteiger partial charge in [0.2, 0.25) is 0 Å². The third-order valence-corrected chi connectivity index (χ3v) is 4.61. The number of unbranched alkanes of at least 4 members (excludes halogenated alkanes) is 2. The van der Waals surface area contributed by atoms with Crippen LogP contribution in [0.25, 0.3) is 6.08 Å². The summed E-state index contributed by atoms with van der Waals surface area (Å²) in [5.74, 6) is 0. The molecular formula is C16H21ClO3S. The van der Waals surface area contributed by atoms with Crippen LogP contribution in [-0.4, -0.2) is 19.9 Å². The molecule has 0 aliphatic heterocycles. The smallest absolute Gasteiger partial charge is 0.252 e. The van der Waals surface area contributed by atoms with E-state index in [1.54, 1.807) is 6.07 Å². The van der Waals surface area contributed by atoms with Crippen LogP contribution >= 0.6 is 11.6 Å². The molecule has 0 aromatic heterocycles. The van der Waals surface area contributed by atoms with Gasteiger partial charge < -0.3 is 0 Å². The van der Waals surface area contributed by atoms with Crippen LogP contribution < -0.4 is 0 Å². The molecule has 0 saturated heterocycles. The molecule has 0 amide bonds. The number of hydrogen-bond acceptors (Lipinski definition) is 3. The number of carbonyl (C=O) groups excluding carboxylic acids is 1. The summed E-state index contributed by atoms with van der Waals surface area (Å²) in [7, 11) is -3.42. The standard InChI is InChI=1S/C16H21ClO3S/c1-4-6-7-8-9-13-10-12(5-2)14(16(17)18)11-15(13)21(3,19)20/h8-11H,4-7H2,1-3H3. The Morgan fingerprint density at radius 1 is 1.29 bits per heavy atom. The summed E-state index contributed by atoms with van der Waals surface area (Å²) in [5, 5.41) is -0.627. The lowest BCUT2D eigenvalue weighted by Gasteiger charge is -2.10. The maximum Gasteiger partial charge on any atom is 0.252 e. The first-order valence-corrected chi connectivity index (χ1v) is 9.31. The summed E-state index contributed by atoms with van der Waals surface area (Å²) in [6.45, 7) is 4.01. The van der Waals surface area contributed by atoms with E-state index in [9.17, 15) is 13.2 Å². The second kappa shape index (κ2) is 7.76. The molecule has 0 aliphatic rings. The molecule has 0 N–H and O–H groups in total. The van der Waals surface area contributed by atoms with E-state index < -0.39 is 15.1 Å². The molecular weight excluding hydrogens is 308 g/mol. The first-order valence-electron chi connectivity index (χ1n) is 7.04. The molecule has 0 radical (unpaired) electrons. The Morgan fingerprint density at radius 3 is 2.43 bits per heavy atom. The van der Waals surface area contributed by atoms with Gasteiger partial charge in [-0.1, -0.05) is 38.8 Å². The largest absolute Gasteiger partial charge is 0.276 e. The number of sulfone groups is 1. The van der Waals surface area contributed by atoms with Crippen molar-refractivity contribution in [2.45, 2.75) is 44.4 Å². The second-order valence-electron chi connectivity index (χ2n) is 4.99. The fourth-order valence-corrected chi connectivity index (χ4v) is 3.17. The number of aryl methyl sites for hydroxylation is 1. The van der Waals surface area contributed by atoms with E-state index in [0.717, 1.165) is 31.1 Å². The Morgan fingerprint density at radius 2 is 1.95 bits per heavy atom. The second-order valence-corrected chi connectivity index (χ2v) is 7.32. The summed E-state index contributed by atoms with van der Waals surface area (Å²) in [6.07, 6.45) is 8.58. The van der Waals surface area contributed by atoms with Crippen molar-refractivity contribution in [3.63, 3.8) is 0 Å². The fourth-order valence-electron chi connectivity index (χ4n) is 2.10. The number of halogens is 1. The zero-order valence-electron chi connectivity index (χ0n) is 12.6. The normalized spacial score (nSPS) is 12.0. The van der Waals surface area contributed by atoms with Crippen LogP contribution in [0.3, 0.4) is 0 Å². The van der Waals surface area contributed by atoms with E-state index in [4.69, 9.17) is 11.6 Å². The lowest BCUT2D eigenvalue weighted by atomic mass is 10.0. The molecule has 1 aromatic carbocycles. The maximum atomic E-state index is 11.9. The highest BCUT2D eigenvalue weighted by molar-refractivity contribution is 7.90. The van der Waals surface area contributed by atoms with Crippen molar-refractivity contribution in [1.82, 2.24) is 0 Å². The van der Waals surface area contributed by atoms with Gasteiger partial charge in [0.05, 0.1) is 4.90 Å².